The first-order valence-corrected chi connectivity index (χ1v) is 10.7. The molecule has 4 rings (SSSR count). The van der Waals surface area contributed by atoms with Crippen LogP contribution in [0.15, 0.2) is 88.3 Å². The number of rotatable bonds is 8. The van der Waals surface area contributed by atoms with Crippen molar-refractivity contribution in [3.8, 4) is 17.2 Å². The summed E-state index contributed by atoms with van der Waals surface area (Å²) in [7, 11) is 0. The molecule has 0 bridgehead atoms. The molecule has 0 saturated carbocycles. The summed E-state index contributed by atoms with van der Waals surface area (Å²) < 4.78 is 22.3. The van der Waals surface area contributed by atoms with Gasteiger partial charge in [-0.3, -0.25) is 4.79 Å². The molecule has 1 heterocycles. The monoisotopic (exact) mass is 444 g/mol. The zero-order valence-corrected chi connectivity index (χ0v) is 18.4. The summed E-state index contributed by atoms with van der Waals surface area (Å²) in [5.41, 5.74) is 2.11. The fourth-order valence-electron chi connectivity index (χ4n) is 3.25. The topological polar surface area (TPSA) is 75.0 Å². The van der Waals surface area contributed by atoms with Gasteiger partial charge in [0.1, 0.15) is 30.0 Å². The van der Waals surface area contributed by atoms with E-state index >= 15 is 0 Å². The van der Waals surface area contributed by atoms with Gasteiger partial charge in [0, 0.05) is 6.07 Å². The van der Waals surface area contributed by atoms with Crippen molar-refractivity contribution >= 4 is 16.9 Å². The van der Waals surface area contributed by atoms with E-state index in [0.29, 0.717) is 22.5 Å². The molecule has 6 nitrogen and oxygen atoms in total. The predicted octanol–water partition coefficient (Wildman–Crippen LogP) is 5.66. The van der Waals surface area contributed by atoms with E-state index in [9.17, 15) is 9.59 Å². The zero-order valence-electron chi connectivity index (χ0n) is 18.4. The summed E-state index contributed by atoms with van der Waals surface area (Å²) >= 11 is 0. The number of hydrogen-bond donors (Lipinski definition) is 0. The molecule has 0 N–H and O–H groups in total. The highest BCUT2D eigenvalue weighted by Gasteiger charge is 2.18. The van der Waals surface area contributed by atoms with Crippen molar-refractivity contribution in [3.63, 3.8) is 0 Å². The first kappa shape index (κ1) is 22.1. The Morgan fingerprint density at radius 2 is 1.67 bits per heavy atom. The second kappa shape index (κ2) is 10.0. The molecule has 1 unspecified atom stereocenters. The molecule has 168 valence electrons. The Morgan fingerprint density at radius 3 is 2.39 bits per heavy atom. The molecule has 0 aliphatic carbocycles. The van der Waals surface area contributed by atoms with Crippen molar-refractivity contribution < 1.29 is 23.4 Å². The van der Waals surface area contributed by atoms with E-state index < -0.39 is 12.1 Å². The number of esters is 1. The smallest absolute Gasteiger partial charge is 0.347 e. The molecule has 3 aromatic carbocycles. The molecule has 0 radical (unpaired) electrons. The van der Waals surface area contributed by atoms with Gasteiger partial charge in [-0.15, -0.1) is 0 Å². The summed E-state index contributed by atoms with van der Waals surface area (Å²) in [6, 6.07) is 21.7. The highest BCUT2D eigenvalue weighted by atomic mass is 16.6. The Kier molecular flexibility index (Phi) is 6.74. The summed E-state index contributed by atoms with van der Waals surface area (Å²) in [4.78, 5) is 25.1. The first-order valence-electron chi connectivity index (χ1n) is 10.7. The third kappa shape index (κ3) is 5.41. The fourth-order valence-corrected chi connectivity index (χ4v) is 3.25. The third-order valence-corrected chi connectivity index (χ3v) is 5.14. The van der Waals surface area contributed by atoms with Crippen LogP contribution in [0.4, 0.5) is 0 Å². The van der Waals surface area contributed by atoms with Crippen LogP contribution in [-0.4, -0.2) is 12.1 Å². The first-order chi connectivity index (χ1) is 16.0. The predicted molar refractivity (Wildman–Crippen MR) is 125 cm³/mol. The molecule has 0 spiro atoms. The number of hydrogen-bond acceptors (Lipinski definition) is 6. The molecule has 1 aromatic heterocycles. The van der Waals surface area contributed by atoms with E-state index in [1.54, 1.807) is 25.1 Å². The minimum absolute atomic E-state index is 0.0956. The van der Waals surface area contributed by atoms with Crippen LogP contribution in [0, 0.1) is 0 Å². The molecule has 33 heavy (non-hydrogen) atoms. The molecule has 0 fully saturated rings. The maximum Gasteiger partial charge on any atom is 0.347 e. The lowest BCUT2D eigenvalue weighted by Crippen LogP contribution is -2.26. The maximum absolute atomic E-state index is 12.8. The quantitative estimate of drug-likeness (QED) is 0.327. The van der Waals surface area contributed by atoms with Crippen LogP contribution in [0.1, 0.15) is 25.0 Å². The van der Waals surface area contributed by atoms with Crippen LogP contribution in [-0.2, 0) is 22.6 Å². The number of aryl methyl sites for hydroxylation is 1. The Labute approximate surface area is 191 Å². The Hall–Kier alpha value is -4.06. The van der Waals surface area contributed by atoms with Gasteiger partial charge in [0.05, 0.1) is 5.39 Å². The highest BCUT2D eigenvalue weighted by molar-refractivity contribution is 5.79. The molecule has 0 amide bonds. The van der Waals surface area contributed by atoms with Gasteiger partial charge < -0.3 is 18.6 Å². The summed E-state index contributed by atoms with van der Waals surface area (Å²) in [5, 5.41) is 0.351. The minimum Gasteiger partial charge on any atom is -0.479 e. The van der Waals surface area contributed by atoms with E-state index in [2.05, 4.69) is 6.92 Å². The second-order valence-electron chi connectivity index (χ2n) is 7.54. The Balaban J connectivity index is 1.43. The summed E-state index contributed by atoms with van der Waals surface area (Å²) in [5.74, 6) is 0.553. The maximum atomic E-state index is 12.8. The van der Waals surface area contributed by atoms with Gasteiger partial charge in [0.15, 0.2) is 6.10 Å². The van der Waals surface area contributed by atoms with Crippen LogP contribution >= 0.6 is 0 Å². The van der Waals surface area contributed by atoms with Crippen molar-refractivity contribution in [2.45, 2.75) is 33.0 Å². The number of ether oxygens (including phenoxy) is 3. The van der Waals surface area contributed by atoms with Crippen LogP contribution < -0.4 is 14.9 Å². The van der Waals surface area contributed by atoms with Crippen molar-refractivity contribution in [1.82, 2.24) is 0 Å². The molecule has 0 saturated heterocycles. The fraction of sp³-hybridized carbons (Fsp3) is 0.185. The van der Waals surface area contributed by atoms with Gasteiger partial charge in [-0.2, -0.15) is 0 Å². The largest absolute Gasteiger partial charge is 0.479 e. The van der Waals surface area contributed by atoms with Crippen molar-refractivity contribution in [2.24, 2.45) is 0 Å². The number of fused-ring (bicyclic) bond motifs is 1. The lowest BCUT2D eigenvalue weighted by molar-refractivity contribution is -0.152. The molecule has 0 aliphatic rings. The van der Waals surface area contributed by atoms with E-state index in [0.717, 1.165) is 12.0 Å². The third-order valence-electron chi connectivity index (χ3n) is 5.14. The minimum atomic E-state index is -0.827. The van der Waals surface area contributed by atoms with Gasteiger partial charge in [-0.05, 0) is 48.7 Å². The van der Waals surface area contributed by atoms with Crippen LogP contribution in [0.2, 0.25) is 0 Å². The van der Waals surface area contributed by atoms with Gasteiger partial charge >= 0.3 is 5.97 Å². The lowest BCUT2D eigenvalue weighted by atomic mass is 10.2. The number of carbonyl (C=O) groups is 1. The average Bonchev–Trinajstić information content (AvgIpc) is 2.85. The summed E-state index contributed by atoms with van der Waals surface area (Å²) in [6.45, 7) is 3.85. The van der Waals surface area contributed by atoms with Gasteiger partial charge in [-0.25, -0.2) is 4.79 Å². The molecule has 6 heteroatoms. The lowest BCUT2D eigenvalue weighted by Gasteiger charge is -2.14. The Morgan fingerprint density at radius 1 is 0.939 bits per heavy atom. The van der Waals surface area contributed by atoms with E-state index in [-0.39, 0.29) is 17.8 Å². The van der Waals surface area contributed by atoms with Crippen molar-refractivity contribution in [2.75, 3.05) is 0 Å². The van der Waals surface area contributed by atoms with Crippen molar-refractivity contribution in [1.29, 1.82) is 0 Å². The summed E-state index contributed by atoms with van der Waals surface area (Å²) in [6.07, 6.45) is 1.37. The van der Waals surface area contributed by atoms with Gasteiger partial charge in [0.2, 0.25) is 11.2 Å². The van der Waals surface area contributed by atoms with Crippen LogP contribution in [0.5, 0.6) is 17.2 Å². The van der Waals surface area contributed by atoms with E-state index in [4.69, 9.17) is 18.6 Å². The standard InChI is InChI=1S/C27H24O6/c1-3-19-9-11-21(12-10-19)33-25-17-30-24-15-22(13-14-23(24)26(25)28)32-18(2)27(29)31-16-20-7-5-4-6-8-20/h4-15,17-18H,3,16H2,1-2H3. The number of carbonyl (C=O) groups excluding carboxylic acids is 1. The SMILES string of the molecule is CCc1ccc(Oc2coc3cc(OC(C)C(=O)OCc4ccccc4)ccc3c2=O)cc1. The van der Waals surface area contributed by atoms with E-state index in [1.807, 2.05) is 54.6 Å². The number of benzene rings is 3. The van der Waals surface area contributed by atoms with E-state index in [1.165, 1.54) is 11.8 Å². The Bertz CT molecular complexity index is 1290. The van der Waals surface area contributed by atoms with Crippen LogP contribution in [0.25, 0.3) is 11.0 Å². The molecular weight excluding hydrogens is 420 g/mol. The molecular formula is C27H24O6. The zero-order chi connectivity index (χ0) is 23.2. The van der Waals surface area contributed by atoms with Gasteiger partial charge in [-0.1, -0.05) is 49.4 Å². The average molecular weight is 444 g/mol. The molecule has 0 aliphatic heterocycles. The van der Waals surface area contributed by atoms with Gasteiger partial charge in [0.25, 0.3) is 0 Å². The highest BCUT2D eigenvalue weighted by Crippen LogP contribution is 2.25. The van der Waals surface area contributed by atoms with Crippen molar-refractivity contribution in [3.05, 3.63) is 100 Å². The normalized spacial score (nSPS) is 11.7. The molecule has 1 atom stereocenters. The van der Waals surface area contributed by atoms with Crippen LogP contribution in [0.3, 0.4) is 0 Å². The molecule has 4 aromatic rings. The second-order valence-corrected chi connectivity index (χ2v) is 7.54.